The Morgan fingerprint density at radius 3 is 1.43 bits per heavy atom. The maximum absolute atomic E-state index is 13.6. The fourth-order valence-electron chi connectivity index (χ4n) is 7.64. The van der Waals surface area contributed by atoms with Crippen LogP contribution in [-0.4, -0.2) is 79.4 Å². The molecule has 8 rings (SSSR count). The van der Waals surface area contributed by atoms with E-state index in [4.69, 9.17) is 33.0 Å². The van der Waals surface area contributed by atoms with E-state index in [1.807, 2.05) is 30.3 Å². The number of carboxylic acid groups (broad SMARTS) is 1. The average molecular weight is 884 g/mol. The Morgan fingerprint density at radius 1 is 0.619 bits per heavy atom. The van der Waals surface area contributed by atoms with Gasteiger partial charge in [0.1, 0.15) is 0 Å². The van der Waals surface area contributed by atoms with Crippen molar-refractivity contribution >= 4 is 58.5 Å². The van der Waals surface area contributed by atoms with Gasteiger partial charge >= 0.3 is 11.9 Å². The second-order valence-electron chi connectivity index (χ2n) is 15.0. The molecule has 0 unspecified atom stereocenters. The number of Topliss-reactive ketones (excluding diaryl/α,β-unsaturated/α-hetero) is 2. The van der Waals surface area contributed by atoms with Crippen molar-refractivity contribution in [3.8, 4) is 0 Å². The van der Waals surface area contributed by atoms with Gasteiger partial charge in [-0.2, -0.15) is 0 Å². The van der Waals surface area contributed by atoms with Crippen molar-refractivity contribution in [2.24, 2.45) is 0 Å². The Labute approximate surface area is 373 Å². The summed E-state index contributed by atoms with van der Waals surface area (Å²) in [6.45, 7) is 0.385. The van der Waals surface area contributed by atoms with Crippen molar-refractivity contribution in [1.29, 1.82) is 0 Å². The molecule has 0 radical (unpaired) electrons. The van der Waals surface area contributed by atoms with Gasteiger partial charge in [0.15, 0.2) is 11.6 Å². The number of carbonyl (C=O) groups excluding carboxylic acids is 5. The summed E-state index contributed by atoms with van der Waals surface area (Å²) in [6, 6.07) is 32.7. The number of carbonyl (C=O) groups is 6. The van der Waals surface area contributed by atoms with E-state index in [0.29, 0.717) is 56.4 Å². The number of benzene rings is 4. The molecule has 0 spiro atoms. The lowest BCUT2D eigenvalue weighted by Crippen LogP contribution is -2.44. The van der Waals surface area contributed by atoms with Gasteiger partial charge < -0.3 is 19.6 Å². The number of hydrogen-bond acceptors (Lipinski definition) is 9. The van der Waals surface area contributed by atoms with E-state index in [0.717, 1.165) is 16.8 Å². The summed E-state index contributed by atoms with van der Waals surface area (Å²) in [5.74, 6) is -2.12. The molecule has 0 saturated carbocycles. The van der Waals surface area contributed by atoms with Gasteiger partial charge in [-0.25, -0.2) is 9.59 Å². The fourth-order valence-corrected chi connectivity index (χ4v) is 8.03. The van der Waals surface area contributed by atoms with Crippen LogP contribution in [0.5, 0.6) is 0 Å². The van der Waals surface area contributed by atoms with E-state index in [1.165, 1.54) is 19.2 Å². The summed E-state index contributed by atoms with van der Waals surface area (Å²) >= 11 is 12.2. The lowest BCUT2D eigenvalue weighted by Gasteiger charge is -2.29. The van der Waals surface area contributed by atoms with Crippen LogP contribution < -0.4 is 0 Å². The summed E-state index contributed by atoms with van der Waals surface area (Å²) in [5, 5.41) is 10.1. The van der Waals surface area contributed by atoms with Crippen LogP contribution in [-0.2, 0) is 53.1 Å². The number of pyridine rings is 2. The molecule has 14 heteroatoms. The van der Waals surface area contributed by atoms with Gasteiger partial charge in [-0.1, -0.05) is 59.6 Å². The molecule has 2 atom stereocenters. The minimum absolute atomic E-state index is 0.0730. The maximum Gasteiger partial charge on any atom is 0.337 e. The number of rotatable bonds is 10. The normalized spacial score (nSPS) is 15.9. The van der Waals surface area contributed by atoms with Crippen LogP contribution in [0.15, 0.2) is 134 Å². The first kappa shape index (κ1) is 44.0. The summed E-state index contributed by atoms with van der Waals surface area (Å²) in [6.07, 6.45) is 4.16. The number of ketones is 2. The molecule has 6 aromatic rings. The van der Waals surface area contributed by atoms with Gasteiger partial charge in [0, 0.05) is 83.7 Å². The van der Waals surface area contributed by atoms with E-state index in [9.17, 15) is 28.8 Å². The van der Waals surface area contributed by atoms with Gasteiger partial charge in [-0.15, -0.1) is 0 Å². The molecule has 0 fully saturated rings. The summed E-state index contributed by atoms with van der Waals surface area (Å²) in [4.78, 5) is 88.2. The number of aromatic nitrogens is 2. The zero-order valence-corrected chi connectivity index (χ0v) is 35.5. The lowest BCUT2D eigenvalue weighted by atomic mass is 9.99. The SMILES string of the molecule is COC(=O)c1ccc(CN2C(=O)c3ccc(Cl)cc3CC(=O)[C@H]2Cc2ccccn2)cc1.O=C(O)c1ccc(CN2C(=O)c3ccc(Cl)cc3CC(=O)[C@H]2Cc2ccccn2)cc1. The number of aromatic carboxylic acids is 1. The Hall–Kier alpha value is -7.02. The lowest BCUT2D eigenvalue weighted by molar-refractivity contribution is -0.123. The Morgan fingerprint density at radius 2 is 1.05 bits per heavy atom. The number of hydrogen-bond donors (Lipinski definition) is 1. The van der Waals surface area contributed by atoms with Crippen molar-refractivity contribution in [1.82, 2.24) is 19.8 Å². The highest BCUT2D eigenvalue weighted by atomic mass is 35.5. The van der Waals surface area contributed by atoms with Crippen LogP contribution >= 0.6 is 23.2 Å². The molecule has 2 amide bonds. The van der Waals surface area contributed by atoms with Gasteiger partial charge in [0.2, 0.25) is 0 Å². The number of esters is 1. The molecule has 2 aliphatic heterocycles. The highest BCUT2D eigenvalue weighted by Gasteiger charge is 2.37. The number of ether oxygens (including phenoxy) is 1. The Kier molecular flexibility index (Phi) is 13.8. The third-order valence-corrected chi connectivity index (χ3v) is 11.4. The molecule has 2 aliphatic rings. The van der Waals surface area contributed by atoms with E-state index < -0.39 is 24.0 Å². The van der Waals surface area contributed by atoms with Gasteiger partial charge in [-0.3, -0.25) is 29.1 Å². The van der Waals surface area contributed by atoms with E-state index in [2.05, 4.69) is 9.97 Å². The molecular weight excluding hydrogens is 843 g/mol. The number of carboxylic acids is 1. The van der Waals surface area contributed by atoms with E-state index in [1.54, 1.807) is 101 Å². The van der Waals surface area contributed by atoms with E-state index >= 15 is 0 Å². The number of amides is 2. The predicted octanol–water partition coefficient (Wildman–Crippen LogP) is 7.71. The van der Waals surface area contributed by atoms with Crippen molar-refractivity contribution in [2.45, 2.75) is 50.9 Å². The fraction of sp³-hybridized carbons (Fsp3) is 0.184. The van der Waals surface area contributed by atoms with Gasteiger partial charge in [0.25, 0.3) is 11.8 Å². The van der Waals surface area contributed by atoms with Gasteiger partial charge in [-0.05, 0) is 107 Å². The molecule has 0 saturated heterocycles. The average Bonchev–Trinajstić information content (AvgIpc) is 3.44. The van der Waals surface area contributed by atoms with Crippen LogP contribution in [0.2, 0.25) is 10.0 Å². The molecule has 2 aromatic heterocycles. The van der Waals surface area contributed by atoms with Crippen LogP contribution in [0, 0.1) is 0 Å². The summed E-state index contributed by atoms with van der Waals surface area (Å²) in [5.41, 5.74) is 5.70. The first-order chi connectivity index (χ1) is 30.4. The molecule has 0 bridgehead atoms. The molecule has 0 aliphatic carbocycles. The van der Waals surface area contributed by atoms with Crippen molar-refractivity contribution in [3.05, 3.63) is 200 Å². The molecule has 12 nitrogen and oxygen atoms in total. The largest absolute Gasteiger partial charge is 0.478 e. The number of nitrogens with zero attached hydrogens (tertiary/aromatic N) is 4. The van der Waals surface area contributed by atoms with Gasteiger partial charge in [0.05, 0.1) is 30.3 Å². The second-order valence-corrected chi connectivity index (χ2v) is 15.9. The van der Waals surface area contributed by atoms with Crippen LogP contribution in [0.25, 0.3) is 0 Å². The monoisotopic (exact) mass is 882 g/mol. The topological polar surface area (TPSA) is 164 Å². The quantitative estimate of drug-likeness (QED) is 0.135. The molecule has 63 heavy (non-hydrogen) atoms. The van der Waals surface area contributed by atoms with Crippen LogP contribution in [0.4, 0.5) is 0 Å². The van der Waals surface area contributed by atoms with Crippen molar-refractivity contribution in [3.63, 3.8) is 0 Å². The highest BCUT2D eigenvalue weighted by molar-refractivity contribution is 6.31. The van der Waals surface area contributed by atoms with Crippen molar-refractivity contribution in [2.75, 3.05) is 7.11 Å². The highest BCUT2D eigenvalue weighted by Crippen LogP contribution is 2.29. The second kappa shape index (κ2) is 19.8. The van der Waals surface area contributed by atoms with E-state index in [-0.39, 0.29) is 54.9 Å². The molecule has 4 heterocycles. The van der Waals surface area contributed by atoms with Crippen molar-refractivity contribution < 1.29 is 38.6 Å². The minimum atomic E-state index is -1.02. The predicted molar refractivity (Wildman–Crippen MR) is 235 cm³/mol. The Bertz CT molecular complexity index is 2680. The molecule has 4 aromatic carbocycles. The molecule has 1 N–H and O–H groups in total. The summed E-state index contributed by atoms with van der Waals surface area (Å²) in [7, 11) is 1.32. The number of halogens is 2. The Balaban J connectivity index is 0.000000189. The third kappa shape index (κ3) is 10.5. The zero-order chi connectivity index (χ0) is 44.6. The third-order valence-electron chi connectivity index (χ3n) is 10.9. The molecular formula is C49H40Cl2N4O8. The van der Waals surface area contributed by atoms with Crippen LogP contribution in [0.1, 0.15) is 75.1 Å². The first-order valence-corrected chi connectivity index (χ1v) is 20.7. The maximum atomic E-state index is 13.6. The zero-order valence-electron chi connectivity index (χ0n) is 33.9. The first-order valence-electron chi connectivity index (χ1n) is 19.9. The minimum Gasteiger partial charge on any atom is -0.478 e. The standard InChI is InChI=1S/C25H21ClN2O4.C24H19ClN2O4/c1-32-25(31)17-7-5-16(6-8-17)15-28-22(14-20-4-2-3-11-27-20)23(29)13-18-12-19(26)9-10-21(18)24(28)30;25-18-8-9-20-17(11-18)12-22(28)21(13-19-3-1-2-10-26-19)27(23(20)29)14-15-4-6-16(7-5-15)24(30)31/h2-12,22H,13-15H2,1H3;1-11,21H,12-14H2,(H,30,31)/t22-;21-/m11/s1. The smallest absolute Gasteiger partial charge is 0.337 e. The molecule has 318 valence electrons. The number of methoxy groups -OCH3 is 1. The summed E-state index contributed by atoms with van der Waals surface area (Å²) < 4.78 is 4.74. The van der Waals surface area contributed by atoms with Crippen LogP contribution in [0.3, 0.4) is 0 Å². The number of fused-ring (bicyclic) bond motifs is 2.